The number of nitrogens with zero attached hydrogens (tertiary/aromatic N) is 2. The van der Waals surface area contributed by atoms with Crippen LogP contribution in [0.15, 0.2) is 48.5 Å². The van der Waals surface area contributed by atoms with Crippen molar-refractivity contribution >= 4 is 40.8 Å². The quantitative estimate of drug-likeness (QED) is 0.615. The molecule has 28 heavy (non-hydrogen) atoms. The number of halogens is 2. The van der Waals surface area contributed by atoms with Gasteiger partial charge in [0.2, 0.25) is 0 Å². The first-order valence-corrected chi connectivity index (χ1v) is 9.15. The average molecular weight is 418 g/mol. The van der Waals surface area contributed by atoms with Gasteiger partial charge in [0.15, 0.2) is 6.61 Å². The molecule has 0 saturated carbocycles. The highest BCUT2D eigenvalue weighted by Crippen LogP contribution is 2.25. The Labute approximate surface area is 172 Å². The number of aromatic nitrogens is 2. The van der Waals surface area contributed by atoms with E-state index < -0.39 is 18.5 Å². The third-order valence-corrected chi connectivity index (χ3v) is 4.44. The second kappa shape index (κ2) is 8.46. The van der Waals surface area contributed by atoms with Crippen LogP contribution in [-0.2, 0) is 9.53 Å². The monoisotopic (exact) mass is 417 g/mol. The highest BCUT2D eigenvalue weighted by Gasteiger charge is 2.12. The van der Waals surface area contributed by atoms with Crippen LogP contribution in [0.5, 0.6) is 0 Å². The van der Waals surface area contributed by atoms with Crippen LogP contribution in [0.2, 0.25) is 10.0 Å². The van der Waals surface area contributed by atoms with Crippen LogP contribution in [0.3, 0.4) is 0 Å². The van der Waals surface area contributed by atoms with Gasteiger partial charge in [-0.1, -0.05) is 23.2 Å². The third kappa shape index (κ3) is 4.71. The van der Waals surface area contributed by atoms with Gasteiger partial charge in [-0.3, -0.25) is 4.79 Å². The molecule has 0 bridgehead atoms. The summed E-state index contributed by atoms with van der Waals surface area (Å²) in [6, 6.07) is 13.4. The predicted molar refractivity (Wildman–Crippen MR) is 108 cm³/mol. The van der Waals surface area contributed by atoms with Gasteiger partial charge in [0.05, 0.1) is 27.7 Å². The first kappa shape index (κ1) is 19.9. The van der Waals surface area contributed by atoms with Crippen molar-refractivity contribution < 1.29 is 14.3 Å². The highest BCUT2D eigenvalue weighted by atomic mass is 35.5. The van der Waals surface area contributed by atoms with E-state index in [0.29, 0.717) is 21.3 Å². The number of aryl methyl sites for hydroxylation is 2. The maximum absolute atomic E-state index is 12.2. The number of benzene rings is 2. The van der Waals surface area contributed by atoms with E-state index in [1.165, 1.54) is 6.07 Å². The Hall–Kier alpha value is -2.83. The van der Waals surface area contributed by atoms with E-state index in [1.807, 2.05) is 19.9 Å². The van der Waals surface area contributed by atoms with E-state index in [2.05, 4.69) is 10.4 Å². The number of esters is 1. The molecule has 0 saturated heterocycles. The number of ether oxygens (including phenoxy) is 1. The van der Waals surface area contributed by atoms with Crippen molar-refractivity contribution in [1.29, 1.82) is 0 Å². The maximum Gasteiger partial charge on any atom is 0.338 e. The third-order valence-electron chi connectivity index (χ3n) is 3.90. The van der Waals surface area contributed by atoms with Gasteiger partial charge in [-0.2, -0.15) is 5.10 Å². The smallest absolute Gasteiger partial charge is 0.338 e. The number of amides is 1. The molecule has 0 fully saturated rings. The topological polar surface area (TPSA) is 73.2 Å². The minimum absolute atomic E-state index is 0.298. The molecule has 2 aromatic carbocycles. The summed E-state index contributed by atoms with van der Waals surface area (Å²) in [7, 11) is 0. The van der Waals surface area contributed by atoms with Gasteiger partial charge >= 0.3 is 5.97 Å². The van der Waals surface area contributed by atoms with E-state index in [0.717, 1.165) is 17.1 Å². The van der Waals surface area contributed by atoms with Crippen LogP contribution in [0.4, 0.5) is 5.69 Å². The molecule has 6 nitrogen and oxygen atoms in total. The lowest BCUT2D eigenvalue weighted by Crippen LogP contribution is -2.21. The lowest BCUT2D eigenvalue weighted by Gasteiger charge is -2.09. The molecular weight excluding hydrogens is 401 g/mol. The standard InChI is InChI=1S/C20H17Cl2N3O3/c1-12-9-13(2)25(24-12)16-6-3-14(4-7-16)20(27)28-11-19(26)23-18-8-5-15(21)10-17(18)22/h3-10H,11H2,1-2H3,(H,23,26). The fourth-order valence-corrected chi connectivity index (χ4v) is 3.08. The Morgan fingerprint density at radius 3 is 2.39 bits per heavy atom. The van der Waals surface area contributed by atoms with Gasteiger partial charge in [-0.25, -0.2) is 9.48 Å². The van der Waals surface area contributed by atoms with Crippen molar-refractivity contribution in [2.75, 3.05) is 11.9 Å². The van der Waals surface area contributed by atoms with Gasteiger partial charge in [0.1, 0.15) is 0 Å². The van der Waals surface area contributed by atoms with Crippen LogP contribution in [0.1, 0.15) is 21.7 Å². The molecule has 144 valence electrons. The first-order valence-electron chi connectivity index (χ1n) is 8.39. The fraction of sp³-hybridized carbons (Fsp3) is 0.150. The molecule has 0 aliphatic carbocycles. The maximum atomic E-state index is 12.2. The summed E-state index contributed by atoms with van der Waals surface area (Å²) in [5.74, 6) is -1.10. The number of hydrogen-bond acceptors (Lipinski definition) is 4. The van der Waals surface area contributed by atoms with Gasteiger partial charge in [-0.15, -0.1) is 0 Å². The summed E-state index contributed by atoms with van der Waals surface area (Å²) >= 11 is 11.8. The number of anilines is 1. The molecular formula is C20H17Cl2N3O3. The molecule has 1 aromatic heterocycles. The second-order valence-corrected chi connectivity index (χ2v) is 6.98. The largest absolute Gasteiger partial charge is 0.452 e. The zero-order chi connectivity index (χ0) is 20.3. The summed E-state index contributed by atoms with van der Waals surface area (Å²) in [4.78, 5) is 24.1. The van der Waals surface area contributed by atoms with Gasteiger partial charge < -0.3 is 10.1 Å². The van der Waals surface area contributed by atoms with E-state index in [-0.39, 0.29) is 0 Å². The van der Waals surface area contributed by atoms with E-state index in [4.69, 9.17) is 27.9 Å². The summed E-state index contributed by atoms with van der Waals surface area (Å²) in [6.07, 6.45) is 0. The van der Waals surface area contributed by atoms with Gasteiger partial charge in [-0.05, 0) is 62.4 Å². The Balaban J connectivity index is 1.58. The average Bonchev–Trinajstić information content (AvgIpc) is 3.00. The zero-order valence-corrected chi connectivity index (χ0v) is 16.7. The summed E-state index contributed by atoms with van der Waals surface area (Å²) in [6.45, 7) is 3.43. The molecule has 3 aromatic rings. The number of carbonyl (C=O) groups excluding carboxylic acids is 2. The molecule has 8 heteroatoms. The predicted octanol–water partition coefficient (Wildman–Crippen LogP) is 4.59. The lowest BCUT2D eigenvalue weighted by molar-refractivity contribution is -0.119. The molecule has 1 heterocycles. The Morgan fingerprint density at radius 2 is 1.79 bits per heavy atom. The molecule has 0 spiro atoms. The van der Waals surface area contributed by atoms with Crippen LogP contribution in [-0.4, -0.2) is 28.3 Å². The number of carbonyl (C=O) groups is 2. The summed E-state index contributed by atoms with van der Waals surface area (Å²) in [5, 5.41) is 7.72. The molecule has 1 N–H and O–H groups in total. The summed E-state index contributed by atoms with van der Waals surface area (Å²) < 4.78 is 6.84. The van der Waals surface area contributed by atoms with Crippen LogP contribution >= 0.6 is 23.2 Å². The highest BCUT2D eigenvalue weighted by molar-refractivity contribution is 6.36. The normalized spacial score (nSPS) is 10.6. The molecule has 0 radical (unpaired) electrons. The lowest BCUT2D eigenvalue weighted by atomic mass is 10.2. The Kier molecular flexibility index (Phi) is 6.02. The van der Waals surface area contributed by atoms with E-state index >= 15 is 0 Å². The van der Waals surface area contributed by atoms with Crippen LogP contribution in [0.25, 0.3) is 5.69 Å². The molecule has 0 unspecified atom stereocenters. The van der Waals surface area contributed by atoms with Crippen LogP contribution in [0, 0.1) is 13.8 Å². The van der Waals surface area contributed by atoms with Crippen molar-refractivity contribution in [2.24, 2.45) is 0 Å². The van der Waals surface area contributed by atoms with E-state index in [9.17, 15) is 9.59 Å². The molecule has 3 rings (SSSR count). The van der Waals surface area contributed by atoms with Crippen molar-refractivity contribution in [1.82, 2.24) is 9.78 Å². The first-order chi connectivity index (χ1) is 13.3. The van der Waals surface area contributed by atoms with Crippen molar-refractivity contribution in [3.8, 4) is 5.69 Å². The van der Waals surface area contributed by atoms with Crippen LogP contribution < -0.4 is 5.32 Å². The number of hydrogen-bond donors (Lipinski definition) is 1. The molecule has 0 aliphatic heterocycles. The second-order valence-electron chi connectivity index (χ2n) is 6.13. The van der Waals surface area contributed by atoms with Gasteiger partial charge in [0.25, 0.3) is 5.91 Å². The SMILES string of the molecule is Cc1cc(C)n(-c2ccc(C(=O)OCC(=O)Nc3ccc(Cl)cc3Cl)cc2)n1. The molecule has 0 aliphatic rings. The zero-order valence-electron chi connectivity index (χ0n) is 15.2. The van der Waals surface area contributed by atoms with Gasteiger partial charge in [0, 0.05) is 10.7 Å². The Bertz CT molecular complexity index is 1030. The summed E-state index contributed by atoms with van der Waals surface area (Å²) in [5.41, 5.74) is 3.46. The molecule has 0 atom stereocenters. The fourth-order valence-electron chi connectivity index (χ4n) is 2.62. The molecule has 1 amide bonds. The van der Waals surface area contributed by atoms with E-state index in [1.54, 1.807) is 41.1 Å². The Morgan fingerprint density at radius 1 is 1.07 bits per heavy atom. The van der Waals surface area contributed by atoms with Crippen molar-refractivity contribution in [3.05, 3.63) is 75.5 Å². The van der Waals surface area contributed by atoms with Crippen molar-refractivity contribution in [2.45, 2.75) is 13.8 Å². The van der Waals surface area contributed by atoms with Crippen molar-refractivity contribution in [3.63, 3.8) is 0 Å². The number of nitrogens with one attached hydrogen (secondary N) is 1. The number of rotatable bonds is 5. The minimum atomic E-state index is -0.600. The minimum Gasteiger partial charge on any atom is -0.452 e.